The van der Waals surface area contributed by atoms with Crippen LogP contribution in [0.3, 0.4) is 0 Å². The number of rotatable bonds is 4. The first-order valence-electron chi connectivity index (χ1n) is 7.17. The highest BCUT2D eigenvalue weighted by Crippen LogP contribution is 2.31. The van der Waals surface area contributed by atoms with Crippen LogP contribution in [0.4, 0.5) is 5.69 Å². The topological polar surface area (TPSA) is 58.6 Å². The Hall–Kier alpha value is -2.04. The molecule has 1 aromatic rings. The number of carbonyl (C=O) groups excluding carboxylic acids is 2. The smallest absolute Gasteiger partial charge is 0.250 e. The van der Waals surface area contributed by atoms with E-state index in [9.17, 15) is 9.59 Å². The van der Waals surface area contributed by atoms with Crippen molar-refractivity contribution in [3.05, 3.63) is 23.8 Å². The molecular weight excluding hydrogens is 268 g/mol. The van der Waals surface area contributed by atoms with Crippen molar-refractivity contribution in [2.45, 2.75) is 33.2 Å². The van der Waals surface area contributed by atoms with Crippen LogP contribution in [0.2, 0.25) is 0 Å². The Labute approximate surface area is 125 Å². The minimum absolute atomic E-state index is 0.0350. The summed E-state index contributed by atoms with van der Waals surface area (Å²) in [6, 6.07) is 5.16. The van der Waals surface area contributed by atoms with E-state index in [0.717, 1.165) is 5.56 Å². The zero-order valence-electron chi connectivity index (χ0n) is 13.0. The molecule has 21 heavy (non-hydrogen) atoms. The van der Waals surface area contributed by atoms with E-state index >= 15 is 0 Å². The molecule has 1 atom stereocenters. The normalized spacial score (nSPS) is 18.9. The number of amides is 2. The number of nitrogens with zero attached hydrogens (tertiary/aromatic N) is 1. The largest absolute Gasteiger partial charge is 0.495 e. The van der Waals surface area contributed by atoms with Crippen molar-refractivity contribution in [1.29, 1.82) is 0 Å². The fourth-order valence-corrected chi connectivity index (χ4v) is 2.56. The number of ether oxygens (including phenoxy) is 1. The summed E-state index contributed by atoms with van der Waals surface area (Å²) < 4.78 is 5.33. The van der Waals surface area contributed by atoms with Crippen LogP contribution in [0.5, 0.6) is 5.75 Å². The molecule has 0 aromatic heterocycles. The van der Waals surface area contributed by atoms with Crippen molar-refractivity contribution in [1.82, 2.24) is 5.32 Å². The number of hydrogen-bond donors (Lipinski definition) is 1. The SMILES string of the molecule is COc1ccc(C)cc1N1CC(=O)NC(CC(C)C)C1=O. The molecule has 2 amide bonds. The number of piperazine rings is 1. The van der Waals surface area contributed by atoms with Gasteiger partial charge in [0, 0.05) is 0 Å². The van der Waals surface area contributed by atoms with Crippen molar-refractivity contribution < 1.29 is 14.3 Å². The summed E-state index contributed by atoms with van der Waals surface area (Å²) >= 11 is 0. The number of carbonyl (C=O) groups is 2. The van der Waals surface area contributed by atoms with Gasteiger partial charge >= 0.3 is 0 Å². The molecule has 0 spiro atoms. The number of methoxy groups -OCH3 is 1. The third-order valence-corrected chi connectivity index (χ3v) is 3.53. The molecule has 0 saturated carbocycles. The molecule has 1 unspecified atom stereocenters. The third kappa shape index (κ3) is 3.35. The molecule has 0 radical (unpaired) electrons. The van der Waals surface area contributed by atoms with Gasteiger partial charge < -0.3 is 10.1 Å². The van der Waals surface area contributed by atoms with E-state index in [1.54, 1.807) is 7.11 Å². The minimum Gasteiger partial charge on any atom is -0.495 e. The highest BCUT2D eigenvalue weighted by molar-refractivity contribution is 6.07. The predicted octanol–water partition coefficient (Wildman–Crippen LogP) is 1.88. The Balaban J connectivity index is 2.35. The molecule has 1 aliphatic heterocycles. The van der Waals surface area contributed by atoms with Gasteiger partial charge in [-0.25, -0.2) is 0 Å². The summed E-state index contributed by atoms with van der Waals surface area (Å²) in [5.41, 5.74) is 1.68. The van der Waals surface area contributed by atoms with Crippen LogP contribution < -0.4 is 15.0 Å². The zero-order valence-corrected chi connectivity index (χ0v) is 13.0. The van der Waals surface area contributed by atoms with Crippen molar-refractivity contribution in [3.8, 4) is 5.75 Å². The standard InChI is InChI=1S/C16H22N2O3/c1-10(2)7-12-16(20)18(9-15(19)17-12)13-8-11(3)5-6-14(13)21-4/h5-6,8,10,12H,7,9H2,1-4H3,(H,17,19). The van der Waals surface area contributed by atoms with Gasteiger partial charge in [0.25, 0.3) is 0 Å². The van der Waals surface area contributed by atoms with Gasteiger partial charge in [-0.1, -0.05) is 19.9 Å². The molecule has 1 fully saturated rings. The first kappa shape index (κ1) is 15.4. The molecule has 5 nitrogen and oxygen atoms in total. The Morgan fingerprint density at radius 2 is 2.10 bits per heavy atom. The zero-order chi connectivity index (χ0) is 15.6. The van der Waals surface area contributed by atoms with Crippen LogP contribution >= 0.6 is 0 Å². The first-order chi connectivity index (χ1) is 9.92. The number of anilines is 1. The van der Waals surface area contributed by atoms with E-state index in [4.69, 9.17) is 4.74 Å². The van der Waals surface area contributed by atoms with Gasteiger partial charge in [0.15, 0.2) is 0 Å². The summed E-state index contributed by atoms with van der Waals surface area (Å²) in [4.78, 5) is 26.1. The van der Waals surface area contributed by atoms with Crippen LogP contribution in [0.1, 0.15) is 25.8 Å². The number of nitrogens with one attached hydrogen (secondary N) is 1. The monoisotopic (exact) mass is 290 g/mol. The highest BCUT2D eigenvalue weighted by atomic mass is 16.5. The lowest BCUT2D eigenvalue weighted by atomic mass is 10.0. The molecule has 1 heterocycles. The van der Waals surface area contributed by atoms with Gasteiger partial charge in [0.1, 0.15) is 18.3 Å². The van der Waals surface area contributed by atoms with E-state index in [1.807, 2.05) is 39.0 Å². The molecule has 5 heteroatoms. The molecular formula is C16H22N2O3. The lowest BCUT2D eigenvalue weighted by Gasteiger charge is -2.34. The fourth-order valence-electron chi connectivity index (χ4n) is 2.56. The summed E-state index contributed by atoms with van der Waals surface area (Å²) in [7, 11) is 1.56. The minimum atomic E-state index is -0.462. The van der Waals surface area contributed by atoms with E-state index in [0.29, 0.717) is 23.8 Å². The average molecular weight is 290 g/mol. The Bertz CT molecular complexity index is 554. The summed E-state index contributed by atoms with van der Waals surface area (Å²) in [5, 5.41) is 2.78. The van der Waals surface area contributed by atoms with Crippen LogP contribution in [0, 0.1) is 12.8 Å². The molecule has 1 aromatic carbocycles. The van der Waals surface area contributed by atoms with Gasteiger partial charge in [-0.15, -0.1) is 0 Å². The number of aryl methyl sites for hydroxylation is 1. The summed E-state index contributed by atoms with van der Waals surface area (Å²) in [6.45, 7) is 6.05. The second-order valence-electron chi connectivity index (χ2n) is 5.85. The maximum absolute atomic E-state index is 12.6. The van der Waals surface area contributed by atoms with Crippen molar-refractivity contribution in [2.24, 2.45) is 5.92 Å². The van der Waals surface area contributed by atoms with E-state index in [2.05, 4.69) is 5.32 Å². The molecule has 114 valence electrons. The second kappa shape index (κ2) is 6.16. The van der Waals surface area contributed by atoms with Crippen LogP contribution in [0.25, 0.3) is 0 Å². The molecule has 1 saturated heterocycles. The van der Waals surface area contributed by atoms with E-state index < -0.39 is 6.04 Å². The number of benzene rings is 1. The Morgan fingerprint density at radius 1 is 1.38 bits per heavy atom. The van der Waals surface area contributed by atoms with Gasteiger partial charge in [-0.3, -0.25) is 14.5 Å². The lowest BCUT2D eigenvalue weighted by Crippen LogP contribution is -2.58. The quantitative estimate of drug-likeness (QED) is 0.921. The fraction of sp³-hybridized carbons (Fsp3) is 0.500. The van der Waals surface area contributed by atoms with Crippen molar-refractivity contribution >= 4 is 17.5 Å². The van der Waals surface area contributed by atoms with Gasteiger partial charge in [0.05, 0.1) is 12.8 Å². The van der Waals surface area contributed by atoms with E-state index in [-0.39, 0.29) is 18.4 Å². The molecule has 1 aliphatic rings. The third-order valence-electron chi connectivity index (χ3n) is 3.53. The van der Waals surface area contributed by atoms with Crippen LogP contribution in [-0.2, 0) is 9.59 Å². The van der Waals surface area contributed by atoms with Crippen molar-refractivity contribution in [2.75, 3.05) is 18.6 Å². The predicted molar refractivity (Wildman–Crippen MR) is 81.5 cm³/mol. The highest BCUT2D eigenvalue weighted by Gasteiger charge is 2.34. The van der Waals surface area contributed by atoms with Gasteiger partial charge in [-0.2, -0.15) is 0 Å². The van der Waals surface area contributed by atoms with E-state index in [1.165, 1.54) is 4.90 Å². The Morgan fingerprint density at radius 3 is 2.71 bits per heavy atom. The second-order valence-corrected chi connectivity index (χ2v) is 5.85. The first-order valence-corrected chi connectivity index (χ1v) is 7.17. The summed E-state index contributed by atoms with van der Waals surface area (Å²) in [6.07, 6.45) is 0.634. The molecule has 2 rings (SSSR count). The number of hydrogen-bond acceptors (Lipinski definition) is 3. The van der Waals surface area contributed by atoms with Gasteiger partial charge in [0.2, 0.25) is 11.8 Å². The molecule has 0 bridgehead atoms. The average Bonchev–Trinajstić information content (AvgIpc) is 2.42. The summed E-state index contributed by atoms with van der Waals surface area (Å²) in [5.74, 6) is 0.724. The van der Waals surface area contributed by atoms with Crippen LogP contribution in [-0.4, -0.2) is 31.5 Å². The Kier molecular flexibility index (Phi) is 4.50. The molecule has 0 aliphatic carbocycles. The maximum atomic E-state index is 12.6. The lowest BCUT2D eigenvalue weighted by molar-refractivity contribution is -0.131. The van der Waals surface area contributed by atoms with Crippen LogP contribution in [0.15, 0.2) is 18.2 Å². The maximum Gasteiger partial charge on any atom is 0.250 e. The van der Waals surface area contributed by atoms with Crippen molar-refractivity contribution in [3.63, 3.8) is 0 Å². The van der Waals surface area contributed by atoms with Gasteiger partial charge in [-0.05, 0) is 37.0 Å². The molecule has 1 N–H and O–H groups in total.